The van der Waals surface area contributed by atoms with Crippen molar-refractivity contribution in [2.75, 3.05) is 18.0 Å². The Morgan fingerprint density at radius 2 is 1.71 bits per heavy atom. The molecule has 0 radical (unpaired) electrons. The number of piperidine rings is 1. The average molecular weight is 443 g/mol. The molecule has 2 aliphatic rings. The van der Waals surface area contributed by atoms with Crippen LogP contribution in [0.15, 0.2) is 36.4 Å². The first-order valence-electron chi connectivity index (χ1n) is 11.5. The van der Waals surface area contributed by atoms with Gasteiger partial charge in [0.1, 0.15) is 4.88 Å². The van der Waals surface area contributed by atoms with Crippen molar-refractivity contribution in [3.05, 3.63) is 41.3 Å². The maximum Gasteiger partial charge on any atom is 0.348 e. The van der Waals surface area contributed by atoms with E-state index in [2.05, 4.69) is 12.2 Å². The summed E-state index contributed by atoms with van der Waals surface area (Å²) in [5.41, 5.74) is 1.46. The van der Waals surface area contributed by atoms with Gasteiger partial charge in [0.25, 0.3) is 0 Å². The maximum absolute atomic E-state index is 11.6. The number of carbonyl (C=O) groups is 2. The van der Waals surface area contributed by atoms with Crippen molar-refractivity contribution in [2.24, 2.45) is 5.92 Å². The normalized spacial score (nSPS) is 17.8. The van der Waals surface area contributed by atoms with Gasteiger partial charge in [0, 0.05) is 10.9 Å². The minimum Gasteiger partial charge on any atom is -0.477 e. The number of amides is 1. The highest BCUT2D eigenvalue weighted by Crippen LogP contribution is 2.38. The highest BCUT2D eigenvalue weighted by Gasteiger charge is 2.27. The number of hydrogen-bond donors (Lipinski definition) is 2. The highest BCUT2D eigenvalue weighted by atomic mass is 32.1. The smallest absolute Gasteiger partial charge is 0.348 e. The largest absolute Gasteiger partial charge is 0.477 e. The van der Waals surface area contributed by atoms with Gasteiger partial charge in [0.2, 0.25) is 6.41 Å². The summed E-state index contributed by atoms with van der Waals surface area (Å²) in [5, 5.41) is 12.8. The van der Waals surface area contributed by atoms with Crippen LogP contribution in [0.2, 0.25) is 0 Å². The maximum atomic E-state index is 11.6. The van der Waals surface area contributed by atoms with Crippen LogP contribution in [-0.4, -0.2) is 36.6 Å². The van der Waals surface area contributed by atoms with Crippen molar-refractivity contribution in [3.8, 4) is 10.4 Å². The fourth-order valence-electron chi connectivity index (χ4n) is 4.38. The lowest BCUT2D eigenvalue weighted by atomic mass is 10.0. The zero-order valence-corrected chi connectivity index (χ0v) is 19.2. The van der Waals surface area contributed by atoms with E-state index in [1.54, 1.807) is 4.90 Å². The fraction of sp³-hybridized carbons (Fsp3) is 0.520. The van der Waals surface area contributed by atoms with Gasteiger partial charge in [-0.3, -0.25) is 4.79 Å². The Labute approximate surface area is 189 Å². The van der Waals surface area contributed by atoms with Gasteiger partial charge in [0.05, 0.1) is 5.69 Å². The van der Waals surface area contributed by atoms with Crippen LogP contribution in [0.25, 0.3) is 10.4 Å². The number of carboxylic acid groups (broad SMARTS) is 1. The van der Waals surface area contributed by atoms with Gasteiger partial charge >= 0.3 is 5.97 Å². The second-order valence-corrected chi connectivity index (χ2v) is 9.64. The molecule has 6 heteroatoms. The van der Waals surface area contributed by atoms with Gasteiger partial charge in [-0.1, -0.05) is 75.8 Å². The average Bonchev–Trinajstić information content (AvgIpc) is 3.10. The van der Waals surface area contributed by atoms with E-state index >= 15 is 0 Å². The number of nitrogens with zero attached hydrogens (tertiary/aromatic N) is 1. The van der Waals surface area contributed by atoms with Crippen molar-refractivity contribution in [1.29, 1.82) is 0 Å². The first-order valence-corrected chi connectivity index (χ1v) is 12.3. The lowest BCUT2D eigenvalue weighted by Gasteiger charge is -2.31. The molecule has 1 aliphatic carbocycles. The molecule has 1 saturated heterocycles. The molecular formula is C25H34N2O3S. The molecule has 31 heavy (non-hydrogen) atoms. The van der Waals surface area contributed by atoms with Crippen LogP contribution in [-0.2, 0) is 4.79 Å². The van der Waals surface area contributed by atoms with E-state index in [0.29, 0.717) is 5.69 Å². The standard InChI is InChI=1S/C17H18N2O3S.C8H16/c20-11-19(13-6-8-18-9-7-13)14-10-15(23-16(14)17(21)22)12-4-2-1-3-5-12;1-8-6-4-2-3-5-7-8/h1-5,10-11,13,18H,6-9H2,(H,21,22);8H,2-7H2,1H3. The topological polar surface area (TPSA) is 69.6 Å². The number of carboxylic acids is 1. The second-order valence-electron chi connectivity index (χ2n) is 8.59. The van der Waals surface area contributed by atoms with Crippen LogP contribution in [0.3, 0.4) is 0 Å². The summed E-state index contributed by atoms with van der Waals surface area (Å²) in [6.45, 7) is 4.06. The SMILES string of the molecule is CC1CCCCCC1.O=CN(c1cc(-c2ccccc2)sc1C(=O)O)C1CCNCC1. The summed E-state index contributed by atoms with van der Waals surface area (Å²) in [4.78, 5) is 25.9. The summed E-state index contributed by atoms with van der Waals surface area (Å²) in [5.74, 6) is 0.0328. The first kappa shape index (κ1) is 23.5. The third kappa shape index (κ3) is 6.65. The molecule has 0 bridgehead atoms. The minimum absolute atomic E-state index is 0.0464. The Bertz CT molecular complexity index is 823. The molecule has 5 nitrogen and oxygen atoms in total. The number of rotatable bonds is 5. The van der Waals surface area contributed by atoms with Crippen LogP contribution >= 0.6 is 11.3 Å². The molecule has 0 unspecified atom stereocenters. The predicted octanol–water partition coefficient (Wildman–Crippen LogP) is 5.80. The number of anilines is 1. The lowest BCUT2D eigenvalue weighted by molar-refractivity contribution is -0.108. The molecule has 0 atom stereocenters. The number of aromatic carboxylic acids is 1. The molecule has 1 aromatic carbocycles. The van der Waals surface area contributed by atoms with E-state index in [4.69, 9.17) is 0 Å². The van der Waals surface area contributed by atoms with Crippen molar-refractivity contribution >= 4 is 29.4 Å². The third-order valence-corrected chi connectivity index (χ3v) is 7.36. The lowest BCUT2D eigenvalue weighted by Crippen LogP contribution is -2.42. The van der Waals surface area contributed by atoms with E-state index in [1.165, 1.54) is 49.9 Å². The van der Waals surface area contributed by atoms with Crippen LogP contribution in [0.4, 0.5) is 5.69 Å². The summed E-state index contributed by atoms with van der Waals surface area (Å²) >= 11 is 1.21. The molecule has 2 aromatic rings. The van der Waals surface area contributed by atoms with Crippen molar-refractivity contribution in [1.82, 2.24) is 5.32 Å². The van der Waals surface area contributed by atoms with Crippen LogP contribution in [0.5, 0.6) is 0 Å². The molecule has 168 valence electrons. The number of thiophene rings is 1. The predicted molar refractivity (Wildman–Crippen MR) is 128 cm³/mol. The van der Waals surface area contributed by atoms with Crippen molar-refractivity contribution in [2.45, 2.75) is 64.3 Å². The third-order valence-electron chi connectivity index (χ3n) is 6.20. The van der Waals surface area contributed by atoms with E-state index in [-0.39, 0.29) is 10.9 Å². The highest BCUT2D eigenvalue weighted by molar-refractivity contribution is 7.18. The second kappa shape index (κ2) is 12.0. The number of carbonyl (C=O) groups excluding carboxylic acids is 1. The summed E-state index contributed by atoms with van der Waals surface area (Å²) < 4.78 is 0. The van der Waals surface area contributed by atoms with Crippen molar-refractivity contribution < 1.29 is 14.7 Å². The molecule has 1 saturated carbocycles. The summed E-state index contributed by atoms with van der Waals surface area (Å²) in [7, 11) is 0. The van der Waals surface area contributed by atoms with E-state index < -0.39 is 5.97 Å². The number of hydrogen-bond acceptors (Lipinski definition) is 4. The Morgan fingerprint density at radius 1 is 1.06 bits per heavy atom. The Hall–Kier alpha value is -2.18. The van der Waals surface area contributed by atoms with E-state index in [1.807, 2.05) is 36.4 Å². The van der Waals surface area contributed by atoms with Gasteiger partial charge in [-0.25, -0.2) is 4.79 Å². The van der Waals surface area contributed by atoms with Gasteiger partial charge in [-0.05, 0) is 43.5 Å². The summed E-state index contributed by atoms with van der Waals surface area (Å²) in [6.07, 6.45) is 11.3. The summed E-state index contributed by atoms with van der Waals surface area (Å²) in [6, 6.07) is 11.5. The molecule has 1 aliphatic heterocycles. The number of nitrogens with one attached hydrogen (secondary N) is 1. The minimum atomic E-state index is -0.993. The van der Waals surface area contributed by atoms with Gasteiger partial charge < -0.3 is 15.3 Å². The Morgan fingerprint density at radius 3 is 2.29 bits per heavy atom. The van der Waals surface area contributed by atoms with Crippen molar-refractivity contribution in [3.63, 3.8) is 0 Å². The van der Waals surface area contributed by atoms with E-state index in [9.17, 15) is 14.7 Å². The molecule has 2 fully saturated rings. The Balaban J connectivity index is 0.000000287. The van der Waals surface area contributed by atoms with Crippen LogP contribution in [0, 0.1) is 5.92 Å². The number of benzene rings is 1. The monoisotopic (exact) mass is 442 g/mol. The first-order chi connectivity index (χ1) is 15.1. The van der Waals surface area contributed by atoms with Gasteiger partial charge in [0.15, 0.2) is 0 Å². The van der Waals surface area contributed by atoms with Gasteiger partial charge in [-0.15, -0.1) is 11.3 Å². The molecule has 1 aromatic heterocycles. The molecule has 1 amide bonds. The van der Waals surface area contributed by atoms with Crippen LogP contribution < -0.4 is 10.2 Å². The molecule has 2 N–H and O–H groups in total. The molecule has 0 spiro atoms. The Kier molecular flexibility index (Phi) is 9.10. The van der Waals surface area contributed by atoms with Crippen LogP contribution in [0.1, 0.15) is 68.0 Å². The molecular weight excluding hydrogens is 408 g/mol. The van der Waals surface area contributed by atoms with Gasteiger partial charge in [-0.2, -0.15) is 0 Å². The fourth-order valence-corrected chi connectivity index (χ4v) is 5.38. The van der Waals surface area contributed by atoms with E-state index in [0.717, 1.165) is 48.7 Å². The zero-order chi connectivity index (χ0) is 22.1. The molecule has 4 rings (SSSR count). The zero-order valence-electron chi connectivity index (χ0n) is 18.4. The molecule has 2 heterocycles. The quantitative estimate of drug-likeness (QED) is 0.453.